The van der Waals surface area contributed by atoms with Gasteiger partial charge in [-0.3, -0.25) is 14.5 Å². The zero-order valence-electron chi connectivity index (χ0n) is 16.9. The third-order valence-corrected chi connectivity index (χ3v) is 5.15. The fourth-order valence-electron chi connectivity index (χ4n) is 3.60. The molecular weight excluding hydrogens is 372 g/mol. The number of rotatable bonds is 7. The van der Waals surface area contributed by atoms with E-state index in [1.54, 1.807) is 37.3 Å². The third-order valence-electron chi connectivity index (χ3n) is 5.15. The van der Waals surface area contributed by atoms with Crippen LogP contribution < -0.4 is 14.4 Å². The Hall–Kier alpha value is -3.06. The number of amides is 2. The fourth-order valence-corrected chi connectivity index (χ4v) is 3.60. The summed E-state index contributed by atoms with van der Waals surface area (Å²) in [6, 6.07) is 13.8. The first-order chi connectivity index (χ1) is 14.0. The molecular formula is C22H26N2O5. The summed E-state index contributed by atoms with van der Waals surface area (Å²) in [7, 11) is 4.71. The Bertz CT molecular complexity index is 871. The van der Waals surface area contributed by atoms with Crippen molar-refractivity contribution in [3.8, 4) is 11.5 Å². The van der Waals surface area contributed by atoms with Crippen molar-refractivity contribution >= 4 is 17.5 Å². The van der Waals surface area contributed by atoms with E-state index in [0.717, 1.165) is 0 Å². The van der Waals surface area contributed by atoms with Crippen molar-refractivity contribution in [2.75, 3.05) is 32.7 Å². The smallest absolute Gasteiger partial charge is 0.245 e. The minimum Gasteiger partial charge on any atom is -0.493 e. The van der Waals surface area contributed by atoms with Crippen molar-refractivity contribution in [1.82, 2.24) is 4.90 Å². The minimum absolute atomic E-state index is 0.0663. The molecule has 0 saturated carbocycles. The van der Waals surface area contributed by atoms with Crippen molar-refractivity contribution in [1.29, 1.82) is 0 Å². The molecule has 0 bridgehead atoms. The normalized spacial score (nSPS) is 17.2. The van der Waals surface area contributed by atoms with E-state index in [1.165, 1.54) is 12.0 Å². The van der Waals surface area contributed by atoms with Gasteiger partial charge in [0.15, 0.2) is 11.5 Å². The van der Waals surface area contributed by atoms with Gasteiger partial charge in [-0.2, -0.15) is 0 Å². The third kappa shape index (κ3) is 4.35. The maximum Gasteiger partial charge on any atom is 0.245 e. The maximum atomic E-state index is 13.0. The van der Waals surface area contributed by atoms with Gasteiger partial charge in [-0.25, -0.2) is 0 Å². The number of nitrogens with zero attached hydrogens (tertiary/aromatic N) is 2. The predicted molar refractivity (Wildman–Crippen MR) is 109 cm³/mol. The van der Waals surface area contributed by atoms with E-state index in [1.807, 2.05) is 30.3 Å². The van der Waals surface area contributed by atoms with Gasteiger partial charge in [0, 0.05) is 19.2 Å². The highest BCUT2D eigenvalue weighted by atomic mass is 16.5. The molecule has 154 valence electrons. The molecule has 2 aromatic rings. The first kappa shape index (κ1) is 20.7. The number of aliphatic hydroxyl groups is 1. The van der Waals surface area contributed by atoms with Gasteiger partial charge in [-0.1, -0.05) is 24.3 Å². The average molecular weight is 398 g/mol. The van der Waals surface area contributed by atoms with Crippen LogP contribution in [0.5, 0.6) is 11.5 Å². The van der Waals surface area contributed by atoms with Crippen LogP contribution in [0, 0.1) is 0 Å². The number of methoxy groups -OCH3 is 2. The van der Waals surface area contributed by atoms with Gasteiger partial charge in [0.1, 0.15) is 6.04 Å². The average Bonchev–Trinajstić information content (AvgIpc) is 3.14. The van der Waals surface area contributed by atoms with E-state index in [2.05, 4.69) is 0 Å². The number of hydrogen-bond donors (Lipinski definition) is 1. The second-order valence-electron chi connectivity index (χ2n) is 7.00. The number of benzene rings is 2. The van der Waals surface area contributed by atoms with Gasteiger partial charge in [0.05, 0.1) is 26.9 Å². The van der Waals surface area contributed by atoms with Crippen LogP contribution in [0.4, 0.5) is 5.69 Å². The lowest BCUT2D eigenvalue weighted by Gasteiger charge is -2.29. The van der Waals surface area contributed by atoms with Crippen LogP contribution in [0.3, 0.4) is 0 Å². The summed E-state index contributed by atoms with van der Waals surface area (Å²) in [6.45, 7) is 0.0988. The Morgan fingerprint density at radius 1 is 1.17 bits per heavy atom. The molecule has 1 N–H and O–H groups in total. The van der Waals surface area contributed by atoms with Crippen LogP contribution in [-0.2, 0) is 9.59 Å². The Labute approximate surface area is 170 Å². The number of likely N-dealkylation sites (N-methyl/N-ethyl adjacent to an activating group) is 1. The Balaban J connectivity index is 1.72. The fraction of sp³-hybridized carbons (Fsp3) is 0.364. The van der Waals surface area contributed by atoms with E-state index in [4.69, 9.17) is 9.47 Å². The molecule has 1 aliphatic heterocycles. The van der Waals surface area contributed by atoms with E-state index < -0.39 is 12.1 Å². The molecule has 0 aliphatic carbocycles. The number of anilines is 1. The molecule has 1 fully saturated rings. The van der Waals surface area contributed by atoms with Gasteiger partial charge < -0.3 is 19.5 Å². The van der Waals surface area contributed by atoms with Crippen LogP contribution in [0.1, 0.15) is 24.5 Å². The highest BCUT2D eigenvalue weighted by Gasteiger charge is 2.38. The molecule has 2 amide bonds. The summed E-state index contributed by atoms with van der Waals surface area (Å²) in [5.74, 6) is 0.813. The molecule has 7 heteroatoms. The van der Waals surface area contributed by atoms with Crippen LogP contribution in [0.25, 0.3) is 0 Å². The van der Waals surface area contributed by atoms with Crippen molar-refractivity contribution < 1.29 is 24.2 Å². The summed E-state index contributed by atoms with van der Waals surface area (Å²) in [5.41, 5.74) is 1.33. The van der Waals surface area contributed by atoms with E-state index >= 15 is 0 Å². The number of carbonyl (C=O) groups is 2. The van der Waals surface area contributed by atoms with E-state index in [0.29, 0.717) is 35.6 Å². The van der Waals surface area contributed by atoms with Crippen molar-refractivity contribution in [3.63, 3.8) is 0 Å². The lowest BCUT2D eigenvalue weighted by molar-refractivity contribution is -0.133. The number of hydrogen-bond acceptors (Lipinski definition) is 5. The number of para-hydroxylation sites is 1. The highest BCUT2D eigenvalue weighted by molar-refractivity contribution is 6.03. The lowest BCUT2D eigenvalue weighted by Crippen LogP contribution is -2.46. The van der Waals surface area contributed by atoms with Gasteiger partial charge in [-0.05, 0) is 36.2 Å². The molecule has 2 unspecified atom stereocenters. The highest BCUT2D eigenvalue weighted by Crippen LogP contribution is 2.31. The maximum absolute atomic E-state index is 13.0. The minimum atomic E-state index is -0.897. The van der Waals surface area contributed by atoms with Crippen LogP contribution in [-0.4, -0.2) is 55.7 Å². The summed E-state index contributed by atoms with van der Waals surface area (Å²) in [6.07, 6.45) is -0.105. The topological polar surface area (TPSA) is 79.3 Å². The number of carbonyl (C=O) groups excluding carboxylic acids is 2. The molecule has 0 aromatic heterocycles. The molecule has 3 rings (SSSR count). The molecule has 29 heavy (non-hydrogen) atoms. The second-order valence-corrected chi connectivity index (χ2v) is 7.00. The second kappa shape index (κ2) is 8.96. The predicted octanol–water partition coefficient (Wildman–Crippen LogP) is 2.39. The largest absolute Gasteiger partial charge is 0.493 e. The van der Waals surface area contributed by atoms with Gasteiger partial charge >= 0.3 is 0 Å². The SMILES string of the molecule is COc1ccc(C(O)CN(C)C(=O)C2CCC(=O)N2c2ccccc2)cc1OC. The Morgan fingerprint density at radius 2 is 1.86 bits per heavy atom. The first-order valence-corrected chi connectivity index (χ1v) is 9.48. The van der Waals surface area contributed by atoms with Crippen molar-refractivity contribution in [2.24, 2.45) is 0 Å². The molecule has 7 nitrogen and oxygen atoms in total. The summed E-state index contributed by atoms with van der Waals surface area (Å²) >= 11 is 0. The lowest BCUT2D eigenvalue weighted by atomic mass is 10.1. The zero-order valence-corrected chi connectivity index (χ0v) is 16.9. The zero-order chi connectivity index (χ0) is 21.0. The molecule has 0 spiro atoms. The van der Waals surface area contributed by atoms with E-state index in [9.17, 15) is 14.7 Å². The standard InChI is InChI=1S/C22H26N2O5/c1-23(14-18(25)15-9-11-19(28-2)20(13-15)29-3)22(27)17-10-12-21(26)24(17)16-7-5-4-6-8-16/h4-9,11,13,17-18,25H,10,12,14H2,1-3H3. The molecule has 2 atom stereocenters. The summed E-state index contributed by atoms with van der Waals surface area (Å²) in [5, 5.41) is 10.6. The number of ether oxygens (including phenoxy) is 2. The van der Waals surface area contributed by atoms with Crippen molar-refractivity contribution in [3.05, 3.63) is 54.1 Å². The Kier molecular flexibility index (Phi) is 6.39. The summed E-state index contributed by atoms with van der Waals surface area (Å²) < 4.78 is 10.5. The first-order valence-electron chi connectivity index (χ1n) is 9.48. The van der Waals surface area contributed by atoms with Crippen LogP contribution in [0.15, 0.2) is 48.5 Å². The Morgan fingerprint density at radius 3 is 2.52 bits per heavy atom. The van der Waals surface area contributed by atoms with Crippen LogP contribution >= 0.6 is 0 Å². The number of aliphatic hydroxyl groups excluding tert-OH is 1. The van der Waals surface area contributed by atoms with Crippen molar-refractivity contribution in [2.45, 2.75) is 25.0 Å². The monoisotopic (exact) mass is 398 g/mol. The molecule has 1 heterocycles. The molecule has 1 aliphatic rings. The van der Waals surface area contributed by atoms with Gasteiger partial charge in [0.2, 0.25) is 11.8 Å². The molecule has 1 saturated heterocycles. The quantitative estimate of drug-likeness (QED) is 0.775. The van der Waals surface area contributed by atoms with Gasteiger partial charge in [-0.15, -0.1) is 0 Å². The molecule has 2 aromatic carbocycles. The van der Waals surface area contributed by atoms with Crippen LogP contribution in [0.2, 0.25) is 0 Å². The molecule has 0 radical (unpaired) electrons. The van der Waals surface area contributed by atoms with E-state index in [-0.39, 0.29) is 18.4 Å². The summed E-state index contributed by atoms with van der Waals surface area (Å²) in [4.78, 5) is 28.4. The van der Waals surface area contributed by atoms with Gasteiger partial charge in [0.25, 0.3) is 0 Å².